The number of aryl methyl sites for hydroxylation is 2. The highest BCUT2D eigenvalue weighted by molar-refractivity contribution is 5.81. The first kappa shape index (κ1) is 15.0. The van der Waals surface area contributed by atoms with Crippen molar-refractivity contribution in [1.29, 1.82) is 0 Å². The highest BCUT2D eigenvalue weighted by Crippen LogP contribution is 2.10. The van der Waals surface area contributed by atoms with Crippen LogP contribution in [0, 0.1) is 20.8 Å². The average Bonchev–Trinajstić information content (AvgIpc) is 2.71. The first-order valence-corrected chi connectivity index (χ1v) is 7.20. The van der Waals surface area contributed by atoms with E-state index in [9.17, 15) is 4.79 Å². The third-order valence-corrected chi connectivity index (χ3v) is 3.81. The molecule has 20 heavy (non-hydrogen) atoms. The van der Waals surface area contributed by atoms with Crippen molar-refractivity contribution >= 4 is 5.91 Å². The number of rotatable bonds is 5. The second-order valence-electron chi connectivity index (χ2n) is 5.23. The molecule has 1 unspecified atom stereocenters. The number of aromatic nitrogens is 2. The fourth-order valence-corrected chi connectivity index (χ4v) is 2.29. The summed E-state index contributed by atoms with van der Waals surface area (Å²) < 4.78 is 7.41. The van der Waals surface area contributed by atoms with E-state index in [1.54, 1.807) is 0 Å². The Kier molecular flexibility index (Phi) is 5.14. The molecule has 0 aromatic carbocycles. The Morgan fingerprint density at radius 1 is 1.50 bits per heavy atom. The van der Waals surface area contributed by atoms with Gasteiger partial charge < -0.3 is 15.4 Å². The maximum Gasteiger partial charge on any atom is 0.250 e. The van der Waals surface area contributed by atoms with E-state index in [1.807, 2.05) is 11.6 Å². The van der Waals surface area contributed by atoms with Crippen molar-refractivity contribution in [1.82, 2.24) is 20.4 Å². The minimum Gasteiger partial charge on any atom is -0.366 e. The smallest absolute Gasteiger partial charge is 0.250 e. The molecule has 2 rings (SSSR count). The Morgan fingerprint density at radius 2 is 2.30 bits per heavy atom. The molecule has 1 aromatic rings. The van der Waals surface area contributed by atoms with E-state index in [1.165, 1.54) is 11.3 Å². The summed E-state index contributed by atoms with van der Waals surface area (Å²) in [5.41, 5.74) is 3.53. The van der Waals surface area contributed by atoms with Gasteiger partial charge in [-0.05, 0) is 32.8 Å². The molecule has 0 radical (unpaired) electrons. The van der Waals surface area contributed by atoms with Crippen molar-refractivity contribution in [3.63, 3.8) is 0 Å². The van der Waals surface area contributed by atoms with Gasteiger partial charge in [-0.2, -0.15) is 5.10 Å². The van der Waals surface area contributed by atoms with Crippen LogP contribution in [0.2, 0.25) is 0 Å². The Bertz CT molecular complexity index is 464. The number of nitrogens with zero attached hydrogens (tertiary/aromatic N) is 2. The molecule has 2 heterocycles. The largest absolute Gasteiger partial charge is 0.366 e. The lowest BCUT2D eigenvalue weighted by molar-refractivity contribution is -0.134. The number of nitrogens with one attached hydrogen (secondary N) is 2. The van der Waals surface area contributed by atoms with Crippen molar-refractivity contribution < 1.29 is 9.53 Å². The molecule has 1 aromatic heterocycles. The lowest BCUT2D eigenvalue weighted by atomic mass is 10.2. The standard InChI is InChI=1S/C14H24N4O2/c1-10-11(2)17-18(12(10)3)7-4-5-16-14(19)13-9-15-6-8-20-13/h13,15H,4-9H2,1-3H3,(H,16,19). The maximum atomic E-state index is 11.8. The Morgan fingerprint density at radius 3 is 2.90 bits per heavy atom. The van der Waals surface area contributed by atoms with Gasteiger partial charge in [-0.3, -0.25) is 9.48 Å². The van der Waals surface area contributed by atoms with E-state index in [2.05, 4.69) is 29.6 Å². The predicted octanol–water partition coefficient (Wildman–Crippen LogP) is 0.303. The van der Waals surface area contributed by atoms with Crippen molar-refractivity contribution in [2.45, 2.75) is 39.8 Å². The van der Waals surface area contributed by atoms with Crippen molar-refractivity contribution in [2.75, 3.05) is 26.2 Å². The molecule has 1 saturated heterocycles. The van der Waals surface area contributed by atoms with Gasteiger partial charge in [-0.1, -0.05) is 0 Å². The molecule has 1 aliphatic rings. The van der Waals surface area contributed by atoms with Gasteiger partial charge >= 0.3 is 0 Å². The van der Waals surface area contributed by atoms with Gasteiger partial charge in [0.25, 0.3) is 0 Å². The van der Waals surface area contributed by atoms with Gasteiger partial charge in [0, 0.05) is 31.9 Å². The number of morpholine rings is 1. The summed E-state index contributed by atoms with van der Waals surface area (Å²) in [4.78, 5) is 11.8. The highest BCUT2D eigenvalue weighted by atomic mass is 16.5. The first-order chi connectivity index (χ1) is 9.59. The third kappa shape index (κ3) is 3.58. The van der Waals surface area contributed by atoms with Crippen LogP contribution in [0.1, 0.15) is 23.4 Å². The summed E-state index contributed by atoms with van der Waals surface area (Å²) in [5.74, 6) is -0.0262. The van der Waals surface area contributed by atoms with Crippen LogP contribution in [0.5, 0.6) is 0 Å². The second kappa shape index (κ2) is 6.85. The molecule has 1 aliphatic heterocycles. The van der Waals surface area contributed by atoms with Crippen LogP contribution in [-0.4, -0.2) is 48.0 Å². The summed E-state index contributed by atoms with van der Waals surface area (Å²) in [6.07, 6.45) is 0.521. The maximum absolute atomic E-state index is 11.8. The monoisotopic (exact) mass is 280 g/mol. The molecule has 1 fully saturated rings. The quantitative estimate of drug-likeness (QED) is 0.761. The fraction of sp³-hybridized carbons (Fsp3) is 0.714. The molecule has 0 aliphatic carbocycles. The van der Waals surface area contributed by atoms with Gasteiger partial charge in [-0.25, -0.2) is 0 Å². The lowest BCUT2D eigenvalue weighted by Crippen LogP contribution is -2.48. The number of hydrogen-bond donors (Lipinski definition) is 2. The SMILES string of the molecule is Cc1nn(CCCNC(=O)C2CNCCO2)c(C)c1C. The number of hydrogen-bond acceptors (Lipinski definition) is 4. The van der Waals surface area contributed by atoms with Gasteiger partial charge in [0.05, 0.1) is 12.3 Å². The Balaban J connectivity index is 1.70. The van der Waals surface area contributed by atoms with Gasteiger partial charge in [0.2, 0.25) is 5.91 Å². The molecule has 0 saturated carbocycles. The number of carbonyl (C=O) groups is 1. The second-order valence-corrected chi connectivity index (χ2v) is 5.23. The predicted molar refractivity (Wildman–Crippen MR) is 76.7 cm³/mol. The van der Waals surface area contributed by atoms with Crippen LogP contribution >= 0.6 is 0 Å². The zero-order valence-corrected chi connectivity index (χ0v) is 12.5. The van der Waals surface area contributed by atoms with Crippen LogP contribution in [0.4, 0.5) is 0 Å². The lowest BCUT2D eigenvalue weighted by Gasteiger charge is -2.22. The van der Waals surface area contributed by atoms with E-state index in [-0.39, 0.29) is 12.0 Å². The number of amides is 1. The Hall–Kier alpha value is -1.40. The molecule has 112 valence electrons. The number of carbonyl (C=O) groups excluding carboxylic acids is 1. The minimum atomic E-state index is -0.348. The zero-order chi connectivity index (χ0) is 14.5. The highest BCUT2D eigenvalue weighted by Gasteiger charge is 2.20. The van der Waals surface area contributed by atoms with Crippen LogP contribution in [-0.2, 0) is 16.1 Å². The van der Waals surface area contributed by atoms with Crippen LogP contribution in [0.25, 0.3) is 0 Å². The molecule has 1 amide bonds. The molecular formula is C14H24N4O2. The number of ether oxygens (including phenoxy) is 1. The first-order valence-electron chi connectivity index (χ1n) is 7.20. The van der Waals surface area contributed by atoms with E-state index >= 15 is 0 Å². The topological polar surface area (TPSA) is 68.2 Å². The summed E-state index contributed by atoms with van der Waals surface area (Å²) in [6.45, 7) is 9.68. The van der Waals surface area contributed by atoms with E-state index in [4.69, 9.17) is 4.74 Å². The van der Waals surface area contributed by atoms with Crippen LogP contribution in [0.3, 0.4) is 0 Å². The molecular weight excluding hydrogens is 256 g/mol. The molecule has 1 atom stereocenters. The Labute approximate surface area is 119 Å². The molecule has 0 spiro atoms. The van der Waals surface area contributed by atoms with Crippen molar-refractivity contribution in [3.8, 4) is 0 Å². The van der Waals surface area contributed by atoms with Crippen molar-refractivity contribution in [3.05, 3.63) is 17.0 Å². The van der Waals surface area contributed by atoms with Gasteiger partial charge in [-0.15, -0.1) is 0 Å². The van der Waals surface area contributed by atoms with E-state index < -0.39 is 0 Å². The van der Waals surface area contributed by atoms with Gasteiger partial charge in [0.1, 0.15) is 6.10 Å². The average molecular weight is 280 g/mol. The van der Waals surface area contributed by atoms with E-state index in [0.717, 1.165) is 25.2 Å². The fourth-order valence-electron chi connectivity index (χ4n) is 2.29. The van der Waals surface area contributed by atoms with Crippen LogP contribution in [0.15, 0.2) is 0 Å². The minimum absolute atomic E-state index is 0.0262. The third-order valence-electron chi connectivity index (χ3n) is 3.81. The molecule has 6 nitrogen and oxygen atoms in total. The summed E-state index contributed by atoms with van der Waals surface area (Å²) >= 11 is 0. The van der Waals surface area contributed by atoms with Crippen molar-refractivity contribution in [2.24, 2.45) is 0 Å². The summed E-state index contributed by atoms with van der Waals surface area (Å²) in [5, 5.41) is 10.6. The summed E-state index contributed by atoms with van der Waals surface area (Å²) in [7, 11) is 0. The zero-order valence-electron chi connectivity index (χ0n) is 12.5. The summed E-state index contributed by atoms with van der Waals surface area (Å²) in [6, 6.07) is 0. The van der Waals surface area contributed by atoms with Crippen LogP contribution < -0.4 is 10.6 Å². The molecule has 2 N–H and O–H groups in total. The van der Waals surface area contributed by atoms with Gasteiger partial charge in [0.15, 0.2) is 0 Å². The normalized spacial score (nSPS) is 19.1. The molecule has 6 heteroatoms. The van der Waals surface area contributed by atoms with E-state index in [0.29, 0.717) is 19.7 Å². The molecule has 0 bridgehead atoms.